The molecule has 0 bridgehead atoms. The lowest BCUT2D eigenvalue weighted by molar-refractivity contribution is -0.277. The zero-order chi connectivity index (χ0) is 18.4. The molecule has 0 saturated carbocycles. The van der Waals surface area contributed by atoms with Gasteiger partial charge in [-0.3, -0.25) is 19.2 Å². The van der Waals surface area contributed by atoms with Gasteiger partial charge in [0.05, 0.1) is 0 Å². The van der Waals surface area contributed by atoms with Gasteiger partial charge in [-0.25, -0.2) is 4.39 Å². The highest BCUT2D eigenvalue weighted by Crippen LogP contribution is 2.29. The maximum Gasteiger partial charge on any atom is 0.303 e. The van der Waals surface area contributed by atoms with Crippen LogP contribution in [0.1, 0.15) is 27.7 Å². The molecule has 24 heavy (non-hydrogen) atoms. The van der Waals surface area contributed by atoms with Crippen molar-refractivity contribution in [1.29, 1.82) is 0 Å². The highest BCUT2D eigenvalue weighted by Gasteiger charge is 2.52. The zero-order valence-electron chi connectivity index (χ0n) is 13.6. The average molecular weight is 350 g/mol. The van der Waals surface area contributed by atoms with Gasteiger partial charge in [0, 0.05) is 27.7 Å². The first kappa shape index (κ1) is 19.8. The van der Waals surface area contributed by atoms with Gasteiger partial charge in [-0.2, -0.15) is 0 Å². The maximum absolute atomic E-state index is 14.2. The normalized spacial score (nSPS) is 29.3. The van der Waals surface area contributed by atoms with Crippen molar-refractivity contribution in [2.45, 2.75) is 58.5 Å². The number of ether oxygens (including phenoxy) is 5. The molecule has 1 fully saturated rings. The van der Waals surface area contributed by atoms with Crippen LogP contribution in [0.4, 0.5) is 4.39 Å². The summed E-state index contributed by atoms with van der Waals surface area (Å²) < 4.78 is 38.7. The first-order chi connectivity index (χ1) is 11.1. The predicted molar refractivity (Wildman–Crippen MR) is 73.1 cm³/mol. The van der Waals surface area contributed by atoms with Gasteiger partial charge in [0.2, 0.25) is 6.36 Å². The molecule has 0 spiro atoms. The van der Waals surface area contributed by atoms with Crippen molar-refractivity contribution in [2.24, 2.45) is 0 Å². The van der Waals surface area contributed by atoms with Crippen molar-refractivity contribution in [2.75, 3.05) is 6.61 Å². The number of carbonyl (C=O) groups excluding carboxylic acids is 4. The van der Waals surface area contributed by atoms with Gasteiger partial charge in [-0.05, 0) is 0 Å². The van der Waals surface area contributed by atoms with Crippen LogP contribution in [0.3, 0.4) is 0 Å². The predicted octanol–water partition coefficient (Wildman–Crippen LogP) is 0.0390. The van der Waals surface area contributed by atoms with Gasteiger partial charge in [0.15, 0.2) is 18.3 Å². The molecule has 0 amide bonds. The molecule has 0 aromatic heterocycles. The molecule has 1 aliphatic rings. The Kier molecular flexibility index (Phi) is 7.08. The van der Waals surface area contributed by atoms with E-state index < -0.39 is 61.3 Å². The molecule has 0 aromatic carbocycles. The van der Waals surface area contributed by atoms with Crippen LogP contribution in [0, 0.1) is 0 Å². The third-order valence-corrected chi connectivity index (χ3v) is 2.93. The molecule has 10 heteroatoms. The molecular formula is C14H19FO9. The van der Waals surface area contributed by atoms with E-state index in [1.807, 2.05) is 0 Å². The Morgan fingerprint density at radius 2 is 1.25 bits per heavy atom. The van der Waals surface area contributed by atoms with Crippen LogP contribution in [0.15, 0.2) is 0 Å². The first-order valence-electron chi connectivity index (χ1n) is 7.06. The second-order valence-corrected chi connectivity index (χ2v) is 5.05. The van der Waals surface area contributed by atoms with Gasteiger partial charge < -0.3 is 23.7 Å². The Morgan fingerprint density at radius 1 is 0.792 bits per heavy atom. The lowest BCUT2D eigenvalue weighted by Crippen LogP contribution is -2.61. The van der Waals surface area contributed by atoms with Crippen LogP contribution >= 0.6 is 0 Å². The van der Waals surface area contributed by atoms with Gasteiger partial charge in [-0.1, -0.05) is 0 Å². The summed E-state index contributed by atoms with van der Waals surface area (Å²) in [5.74, 6) is -3.09. The van der Waals surface area contributed by atoms with Crippen molar-refractivity contribution in [3.05, 3.63) is 0 Å². The summed E-state index contributed by atoms with van der Waals surface area (Å²) in [5, 5.41) is 0. The summed E-state index contributed by atoms with van der Waals surface area (Å²) in [4.78, 5) is 44.7. The summed E-state index contributed by atoms with van der Waals surface area (Å²) in [6.07, 6.45) is -7.85. The highest BCUT2D eigenvalue weighted by molar-refractivity contribution is 5.68. The van der Waals surface area contributed by atoms with Crippen LogP contribution in [-0.4, -0.2) is 61.3 Å². The van der Waals surface area contributed by atoms with Crippen molar-refractivity contribution in [3.8, 4) is 0 Å². The Morgan fingerprint density at radius 3 is 1.71 bits per heavy atom. The fourth-order valence-electron chi connectivity index (χ4n) is 2.18. The molecular weight excluding hydrogens is 331 g/mol. The number of rotatable bonds is 5. The van der Waals surface area contributed by atoms with Crippen molar-refractivity contribution >= 4 is 23.9 Å². The molecule has 0 unspecified atom stereocenters. The number of alkyl halides is 1. The summed E-state index contributed by atoms with van der Waals surface area (Å²) in [6.45, 7) is 3.85. The highest BCUT2D eigenvalue weighted by atomic mass is 19.1. The van der Waals surface area contributed by atoms with Gasteiger partial charge >= 0.3 is 23.9 Å². The summed E-state index contributed by atoms with van der Waals surface area (Å²) in [6, 6.07) is 0. The summed E-state index contributed by atoms with van der Waals surface area (Å²) in [7, 11) is 0. The van der Waals surface area contributed by atoms with E-state index in [0.717, 1.165) is 27.7 Å². The van der Waals surface area contributed by atoms with Crippen molar-refractivity contribution < 1.29 is 47.3 Å². The van der Waals surface area contributed by atoms with Crippen molar-refractivity contribution in [3.63, 3.8) is 0 Å². The van der Waals surface area contributed by atoms with Crippen LogP contribution in [0.5, 0.6) is 0 Å². The largest absolute Gasteiger partial charge is 0.463 e. The summed E-state index contributed by atoms with van der Waals surface area (Å²) in [5.41, 5.74) is 0. The van der Waals surface area contributed by atoms with Crippen LogP contribution in [-0.2, 0) is 42.9 Å². The molecule has 0 aromatic rings. The molecule has 136 valence electrons. The molecule has 1 rings (SSSR count). The number of hydrogen-bond donors (Lipinski definition) is 0. The Labute approximate surface area is 137 Å². The number of carbonyl (C=O) groups is 4. The second-order valence-electron chi connectivity index (χ2n) is 5.05. The fraction of sp³-hybridized carbons (Fsp3) is 0.714. The number of hydrogen-bond acceptors (Lipinski definition) is 9. The fourth-order valence-corrected chi connectivity index (χ4v) is 2.18. The Hall–Kier alpha value is -2.23. The van der Waals surface area contributed by atoms with E-state index in [4.69, 9.17) is 23.7 Å². The summed E-state index contributed by atoms with van der Waals surface area (Å²) >= 11 is 0. The van der Waals surface area contributed by atoms with E-state index in [1.165, 1.54) is 0 Å². The number of esters is 4. The van der Waals surface area contributed by atoms with E-state index in [9.17, 15) is 23.6 Å². The standard InChI is InChI=1S/C14H19FO9/c1-6(16)20-5-10-11(21-7(2)17)12(22-8(3)18)13(14(15)24-10)23-9(4)19/h10-14H,5H2,1-4H3/t10-,11+,12+,13-,14-/m1/s1. The van der Waals surface area contributed by atoms with Gasteiger partial charge in [0.25, 0.3) is 0 Å². The number of halogens is 1. The minimum atomic E-state index is -2.18. The second kappa shape index (κ2) is 8.57. The monoisotopic (exact) mass is 350 g/mol. The van der Waals surface area contributed by atoms with Crippen molar-refractivity contribution in [1.82, 2.24) is 0 Å². The van der Waals surface area contributed by atoms with E-state index in [0.29, 0.717) is 0 Å². The molecule has 0 radical (unpaired) electrons. The smallest absolute Gasteiger partial charge is 0.303 e. The SMILES string of the molecule is CC(=O)OC[C@H]1O[C@@H](F)[C@H](OC(C)=O)[C@@H](OC(C)=O)[C@H]1OC(C)=O. The van der Waals surface area contributed by atoms with Crippen LogP contribution < -0.4 is 0 Å². The lowest BCUT2D eigenvalue weighted by Gasteiger charge is -2.41. The lowest BCUT2D eigenvalue weighted by atomic mass is 9.98. The van der Waals surface area contributed by atoms with E-state index in [1.54, 1.807) is 0 Å². The molecule has 1 heterocycles. The zero-order valence-corrected chi connectivity index (χ0v) is 13.6. The molecule has 0 aliphatic carbocycles. The third kappa shape index (κ3) is 5.76. The van der Waals surface area contributed by atoms with E-state index in [-0.39, 0.29) is 0 Å². The van der Waals surface area contributed by atoms with Crippen LogP contribution in [0.25, 0.3) is 0 Å². The molecule has 0 N–H and O–H groups in total. The molecule has 5 atom stereocenters. The topological polar surface area (TPSA) is 114 Å². The minimum Gasteiger partial charge on any atom is -0.463 e. The van der Waals surface area contributed by atoms with E-state index in [2.05, 4.69) is 0 Å². The Balaban J connectivity index is 3.11. The third-order valence-electron chi connectivity index (χ3n) is 2.93. The first-order valence-corrected chi connectivity index (χ1v) is 7.06. The molecule has 1 aliphatic heterocycles. The average Bonchev–Trinajstić information content (AvgIpc) is 2.42. The quantitative estimate of drug-likeness (QED) is 0.500. The molecule has 1 saturated heterocycles. The molecule has 9 nitrogen and oxygen atoms in total. The van der Waals surface area contributed by atoms with Gasteiger partial charge in [-0.15, -0.1) is 0 Å². The van der Waals surface area contributed by atoms with E-state index >= 15 is 0 Å². The Bertz CT molecular complexity index is 506. The minimum absolute atomic E-state index is 0.446. The van der Waals surface area contributed by atoms with Crippen LogP contribution in [0.2, 0.25) is 0 Å². The maximum atomic E-state index is 14.2. The van der Waals surface area contributed by atoms with Gasteiger partial charge in [0.1, 0.15) is 12.7 Å².